The molecule has 0 amide bonds. The van der Waals surface area contributed by atoms with Crippen LogP contribution in [-0.2, 0) is 6.54 Å². The third-order valence-corrected chi connectivity index (χ3v) is 6.18. The van der Waals surface area contributed by atoms with Crippen molar-refractivity contribution in [1.82, 2.24) is 19.9 Å². The van der Waals surface area contributed by atoms with Crippen LogP contribution in [0.4, 0.5) is 0 Å². The lowest BCUT2D eigenvalue weighted by Gasteiger charge is -2.33. The van der Waals surface area contributed by atoms with Crippen molar-refractivity contribution in [1.29, 1.82) is 0 Å². The second-order valence-corrected chi connectivity index (χ2v) is 7.86. The average Bonchev–Trinajstić information content (AvgIpc) is 3.23. The first-order valence-electron chi connectivity index (χ1n) is 8.93. The third kappa shape index (κ3) is 3.50. The largest absolute Gasteiger partial charge is 0.392 e. The molecule has 1 saturated heterocycles. The quantitative estimate of drug-likeness (QED) is 0.923. The van der Waals surface area contributed by atoms with Crippen LogP contribution in [-0.4, -0.2) is 43.6 Å². The molecule has 1 aliphatic heterocycles. The lowest BCUT2D eigenvalue weighted by molar-refractivity contribution is 0.146. The standard InChI is InChI=1S/C18H24N4OS/c23-15-9-16(13-5-2-1-3-6-13)22(11-15)10-14-12-24-18(21-14)17-19-7-4-8-20-17/h4,7-8,12-13,15-16,23H,1-3,5-6,9-11H2/t15-,16-/m0/s1. The van der Waals surface area contributed by atoms with Gasteiger partial charge in [-0.1, -0.05) is 19.3 Å². The van der Waals surface area contributed by atoms with E-state index in [1.807, 2.05) is 6.07 Å². The minimum atomic E-state index is -0.188. The van der Waals surface area contributed by atoms with Gasteiger partial charge in [0.2, 0.25) is 0 Å². The van der Waals surface area contributed by atoms with Crippen molar-refractivity contribution in [2.75, 3.05) is 6.54 Å². The van der Waals surface area contributed by atoms with Crippen LogP contribution in [0.5, 0.6) is 0 Å². The summed E-state index contributed by atoms with van der Waals surface area (Å²) in [6.45, 7) is 1.59. The monoisotopic (exact) mass is 344 g/mol. The molecule has 4 rings (SSSR count). The molecule has 0 radical (unpaired) electrons. The molecule has 0 spiro atoms. The Kier molecular flexibility index (Phi) is 4.87. The van der Waals surface area contributed by atoms with Gasteiger partial charge in [0, 0.05) is 36.9 Å². The van der Waals surface area contributed by atoms with Crippen LogP contribution in [0.25, 0.3) is 10.8 Å². The highest BCUT2D eigenvalue weighted by Crippen LogP contribution is 2.35. The fraction of sp³-hybridized carbons (Fsp3) is 0.611. The van der Waals surface area contributed by atoms with Gasteiger partial charge in [-0.15, -0.1) is 11.3 Å². The molecule has 2 aliphatic rings. The lowest BCUT2D eigenvalue weighted by Crippen LogP contribution is -2.36. The molecule has 0 unspecified atom stereocenters. The second-order valence-electron chi connectivity index (χ2n) is 7.00. The van der Waals surface area contributed by atoms with Crippen molar-refractivity contribution in [3.05, 3.63) is 29.5 Å². The van der Waals surface area contributed by atoms with Gasteiger partial charge >= 0.3 is 0 Å². The molecule has 0 bridgehead atoms. The summed E-state index contributed by atoms with van der Waals surface area (Å²) in [5, 5.41) is 13.2. The summed E-state index contributed by atoms with van der Waals surface area (Å²) in [6, 6.07) is 2.33. The Morgan fingerprint density at radius 3 is 2.75 bits per heavy atom. The van der Waals surface area contributed by atoms with Gasteiger partial charge in [0.25, 0.3) is 0 Å². The van der Waals surface area contributed by atoms with Crippen LogP contribution in [0.15, 0.2) is 23.8 Å². The van der Waals surface area contributed by atoms with Crippen molar-refractivity contribution in [3.63, 3.8) is 0 Å². The molecule has 1 N–H and O–H groups in total. The van der Waals surface area contributed by atoms with Crippen molar-refractivity contribution < 1.29 is 5.11 Å². The van der Waals surface area contributed by atoms with Gasteiger partial charge < -0.3 is 5.11 Å². The fourth-order valence-electron chi connectivity index (χ4n) is 4.20. The fourth-order valence-corrected chi connectivity index (χ4v) is 4.96. The Balaban J connectivity index is 1.46. The number of aliphatic hydroxyl groups excluding tert-OH is 1. The minimum Gasteiger partial charge on any atom is -0.392 e. The molecule has 128 valence electrons. The highest BCUT2D eigenvalue weighted by Gasteiger charge is 2.36. The van der Waals surface area contributed by atoms with Crippen LogP contribution in [0, 0.1) is 5.92 Å². The molecule has 24 heavy (non-hydrogen) atoms. The molecule has 2 aromatic heterocycles. The van der Waals surface area contributed by atoms with E-state index in [1.165, 1.54) is 32.1 Å². The van der Waals surface area contributed by atoms with E-state index in [0.29, 0.717) is 11.9 Å². The summed E-state index contributed by atoms with van der Waals surface area (Å²) in [6.07, 6.45) is 10.9. The van der Waals surface area contributed by atoms with Crippen molar-refractivity contribution >= 4 is 11.3 Å². The van der Waals surface area contributed by atoms with Crippen molar-refractivity contribution in [2.24, 2.45) is 5.92 Å². The predicted molar refractivity (Wildman–Crippen MR) is 94.5 cm³/mol. The number of β-amino-alcohol motifs (C(OH)–C–C–N with tert-alkyl or cyclic N) is 1. The van der Waals surface area contributed by atoms with Gasteiger partial charge in [-0.3, -0.25) is 4.90 Å². The van der Waals surface area contributed by atoms with Crippen molar-refractivity contribution in [2.45, 2.75) is 57.2 Å². The molecule has 3 heterocycles. The van der Waals surface area contributed by atoms with E-state index in [-0.39, 0.29) is 6.10 Å². The smallest absolute Gasteiger partial charge is 0.188 e. The molecule has 2 fully saturated rings. The first-order chi connectivity index (χ1) is 11.8. The lowest BCUT2D eigenvalue weighted by atomic mass is 9.83. The highest BCUT2D eigenvalue weighted by atomic mass is 32.1. The van der Waals surface area contributed by atoms with E-state index in [4.69, 9.17) is 4.98 Å². The Morgan fingerprint density at radius 1 is 1.17 bits per heavy atom. The Morgan fingerprint density at radius 2 is 1.96 bits per heavy atom. The summed E-state index contributed by atoms with van der Waals surface area (Å²) in [4.78, 5) is 15.7. The first kappa shape index (κ1) is 16.1. The Hall–Kier alpha value is -1.37. The number of hydrogen-bond donors (Lipinski definition) is 1. The molecule has 1 saturated carbocycles. The van der Waals surface area contributed by atoms with Crippen molar-refractivity contribution in [3.8, 4) is 10.8 Å². The maximum absolute atomic E-state index is 10.2. The molecule has 1 aliphatic carbocycles. The first-order valence-corrected chi connectivity index (χ1v) is 9.81. The summed E-state index contributed by atoms with van der Waals surface area (Å²) in [5.41, 5.74) is 1.07. The topological polar surface area (TPSA) is 62.1 Å². The molecule has 5 nitrogen and oxygen atoms in total. The average molecular weight is 344 g/mol. The number of thiazole rings is 1. The predicted octanol–water partition coefficient (Wildman–Crippen LogP) is 3.12. The molecule has 2 atom stereocenters. The number of rotatable bonds is 4. The molecular weight excluding hydrogens is 320 g/mol. The van der Waals surface area contributed by atoms with Gasteiger partial charge in [0.15, 0.2) is 10.8 Å². The van der Waals surface area contributed by atoms with E-state index in [0.717, 1.165) is 36.1 Å². The maximum atomic E-state index is 10.2. The maximum Gasteiger partial charge on any atom is 0.188 e. The molecule has 6 heteroatoms. The summed E-state index contributed by atoms with van der Waals surface area (Å²) in [5.74, 6) is 1.44. The van der Waals surface area contributed by atoms with E-state index in [1.54, 1.807) is 23.7 Å². The third-order valence-electron chi connectivity index (χ3n) is 5.30. The van der Waals surface area contributed by atoms with Gasteiger partial charge in [-0.05, 0) is 31.2 Å². The van der Waals surface area contributed by atoms with E-state index in [9.17, 15) is 5.11 Å². The van der Waals surface area contributed by atoms with E-state index < -0.39 is 0 Å². The van der Waals surface area contributed by atoms with E-state index in [2.05, 4.69) is 20.2 Å². The highest BCUT2D eigenvalue weighted by molar-refractivity contribution is 7.13. The summed E-state index contributed by atoms with van der Waals surface area (Å²) >= 11 is 1.60. The Labute approximate surface area is 146 Å². The summed E-state index contributed by atoms with van der Waals surface area (Å²) in [7, 11) is 0. The van der Waals surface area contributed by atoms with Crippen LogP contribution < -0.4 is 0 Å². The van der Waals surface area contributed by atoms with Gasteiger partial charge in [0.05, 0.1) is 11.8 Å². The molecule has 2 aromatic rings. The zero-order chi connectivity index (χ0) is 16.4. The normalized spacial score (nSPS) is 26.0. The minimum absolute atomic E-state index is 0.188. The second kappa shape index (κ2) is 7.25. The molecular formula is C18H24N4OS. The van der Waals surface area contributed by atoms with Gasteiger partial charge in [-0.2, -0.15) is 0 Å². The number of aromatic nitrogens is 3. The zero-order valence-corrected chi connectivity index (χ0v) is 14.7. The zero-order valence-electron chi connectivity index (χ0n) is 13.8. The van der Waals surface area contributed by atoms with Gasteiger partial charge in [0.1, 0.15) is 0 Å². The summed E-state index contributed by atoms with van der Waals surface area (Å²) < 4.78 is 0. The number of hydrogen-bond acceptors (Lipinski definition) is 6. The van der Waals surface area contributed by atoms with Crippen LogP contribution in [0.1, 0.15) is 44.2 Å². The van der Waals surface area contributed by atoms with E-state index >= 15 is 0 Å². The van der Waals surface area contributed by atoms with Gasteiger partial charge in [-0.25, -0.2) is 15.0 Å². The number of aliphatic hydroxyl groups is 1. The van der Waals surface area contributed by atoms with Crippen LogP contribution in [0.2, 0.25) is 0 Å². The van der Waals surface area contributed by atoms with Crippen LogP contribution >= 0.6 is 11.3 Å². The Bertz CT molecular complexity index is 656. The van der Waals surface area contributed by atoms with Crippen LogP contribution in [0.3, 0.4) is 0 Å². The SMILES string of the molecule is O[C@H]1C[C@@H](C2CCCCC2)N(Cc2csc(-c3ncccn3)n2)C1. The number of likely N-dealkylation sites (tertiary alicyclic amines) is 1. The number of nitrogens with zero attached hydrogens (tertiary/aromatic N) is 4. The molecule has 0 aromatic carbocycles.